The van der Waals surface area contributed by atoms with E-state index in [0.717, 1.165) is 43.6 Å². The van der Waals surface area contributed by atoms with Crippen molar-refractivity contribution >= 4 is 5.96 Å². The van der Waals surface area contributed by atoms with Crippen molar-refractivity contribution in [3.8, 4) is 11.5 Å². The summed E-state index contributed by atoms with van der Waals surface area (Å²) in [5, 5.41) is 3.46. The SMILES string of the molecule is CN=C(NCC(C)Oc1cccc(OC)c1)N1CCC(N2CC=CC2)C1. The first kappa shape index (κ1) is 18.6. The van der Waals surface area contributed by atoms with Crippen LogP contribution in [0, 0.1) is 0 Å². The number of guanidine groups is 1. The van der Waals surface area contributed by atoms with Crippen LogP contribution in [0.25, 0.3) is 0 Å². The maximum Gasteiger partial charge on any atom is 0.193 e. The Balaban J connectivity index is 1.46. The predicted octanol–water partition coefficient (Wildman–Crippen LogP) is 1.98. The minimum absolute atomic E-state index is 0.0278. The number of methoxy groups -OCH3 is 1. The minimum Gasteiger partial charge on any atom is -0.497 e. The fourth-order valence-electron chi connectivity index (χ4n) is 3.54. The van der Waals surface area contributed by atoms with Crippen molar-refractivity contribution in [3.63, 3.8) is 0 Å². The van der Waals surface area contributed by atoms with Crippen LogP contribution in [0.4, 0.5) is 0 Å². The fourth-order valence-corrected chi connectivity index (χ4v) is 3.54. The molecule has 0 saturated carbocycles. The first-order valence-electron chi connectivity index (χ1n) is 9.35. The largest absolute Gasteiger partial charge is 0.497 e. The summed E-state index contributed by atoms with van der Waals surface area (Å²) in [6.45, 7) is 7.00. The van der Waals surface area contributed by atoms with E-state index in [4.69, 9.17) is 9.47 Å². The lowest BCUT2D eigenvalue weighted by Gasteiger charge is -2.26. The quantitative estimate of drug-likeness (QED) is 0.479. The molecule has 0 bridgehead atoms. The molecule has 0 aromatic heterocycles. The van der Waals surface area contributed by atoms with Crippen LogP contribution in [-0.4, -0.2) is 74.8 Å². The van der Waals surface area contributed by atoms with Gasteiger partial charge in [-0.1, -0.05) is 18.2 Å². The summed E-state index contributed by atoms with van der Waals surface area (Å²) in [5.41, 5.74) is 0. The molecule has 3 rings (SSSR count). The Bertz CT molecular complexity index is 638. The molecule has 1 aromatic carbocycles. The molecular weight excluding hydrogens is 328 g/mol. The normalized spacial score (nSPS) is 21.9. The summed E-state index contributed by atoms with van der Waals surface area (Å²) in [4.78, 5) is 9.34. The third-order valence-electron chi connectivity index (χ3n) is 4.96. The number of rotatable bonds is 6. The highest BCUT2D eigenvalue weighted by Crippen LogP contribution is 2.20. The number of nitrogens with one attached hydrogen (secondary N) is 1. The van der Waals surface area contributed by atoms with Crippen molar-refractivity contribution in [2.45, 2.75) is 25.5 Å². The average molecular weight is 358 g/mol. The number of hydrogen-bond donors (Lipinski definition) is 1. The Labute approximate surface area is 156 Å². The van der Waals surface area contributed by atoms with E-state index in [-0.39, 0.29) is 6.10 Å². The number of hydrogen-bond acceptors (Lipinski definition) is 4. The van der Waals surface area contributed by atoms with Gasteiger partial charge in [0.25, 0.3) is 0 Å². The van der Waals surface area contributed by atoms with Crippen LogP contribution in [-0.2, 0) is 0 Å². The average Bonchev–Trinajstić information content (AvgIpc) is 3.34. The monoisotopic (exact) mass is 358 g/mol. The summed E-state index contributed by atoms with van der Waals surface area (Å²) in [5.74, 6) is 2.58. The summed E-state index contributed by atoms with van der Waals surface area (Å²) in [6, 6.07) is 8.32. The second kappa shape index (κ2) is 8.94. The molecule has 2 aliphatic heterocycles. The minimum atomic E-state index is 0.0278. The summed E-state index contributed by atoms with van der Waals surface area (Å²) >= 11 is 0. The molecule has 2 heterocycles. The highest BCUT2D eigenvalue weighted by Gasteiger charge is 2.29. The summed E-state index contributed by atoms with van der Waals surface area (Å²) in [6.07, 6.45) is 5.74. The molecule has 1 N–H and O–H groups in total. The number of ether oxygens (including phenoxy) is 2. The van der Waals surface area contributed by atoms with Crippen LogP contribution in [0.5, 0.6) is 11.5 Å². The molecule has 0 radical (unpaired) electrons. The van der Waals surface area contributed by atoms with E-state index < -0.39 is 0 Å². The van der Waals surface area contributed by atoms with E-state index in [2.05, 4.69) is 39.2 Å². The zero-order valence-electron chi connectivity index (χ0n) is 16.0. The van der Waals surface area contributed by atoms with Crippen LogP contribution in [0.1, 0.15) is 13.3 Å². The van der Waals surface area contributed by atoms with Crippen LogP contribution in [0.3, 0.4) is 0 Å². The van der Waals surface area contributed by atoms with Crippen LogP contribution in [0.2, 0.25) is 0 Å². The lowest BCUT2D eigenvalue weighted by Crippen LogP contribution is -2.45. The predicted molar refractivity (Wildman–Crippen MR) is 105 cm³/mol. The van der Waals surface area contributed by atoms with E-state index in [1.807, 2.05) is 31.3 Å². The number of benzene rings is 1. The lowest BCUT2D eigenvalue weighted by atomic mass is 10.2. The van der Waals surface area contributed by atoms with E-state index in [1.54, 1.807) is 7.11 Å². The Morgan fingerprint density at radius 3 is 2.81 bits per heavy atom. The Hall–Kier alpha value is -2.21. The molecule has 6 heteroatoms. The van der Waals surface area contributed by atoms with Gasteiger partial charge in [0.05, 0.1) is 13.7 Å². The smallest absolute Gasteiger partial charge is 0.193 e. The Morgan fingerprint density at radius 1 is 1.31 bits per heavy atom. The van der Waals surface area contributed by atoms with Crippen molar-refractivity contribution in [2.75, 3.05) is 46.9 Å². The van der Waals surface area contributed by atoms with Crippen molar-refractivity contribution in [1.82, 2.24) is 15.1 Å². The molecule has 2 atom stereocenters. The zero-order chi connectivity index (χ0) is 18.4. The second-order valence-corrected chi connectivity index (χ2v) is 6.85. The Kier molecular flexibility index (Phi) is 6.39. The third-order valence-corrected chi connectivity index (χ3v) is 4.96. The van der Waals surface area contributed by atoms with Gasteiger partial charge in [0.2, 0.25) is 0 Å². The second-order valence-electron chi connectivity index (χ2n) is 6.85. The molecule has 0 aliphatic carbocycles. The van der Waals surface area contributed by atoms with Crippen LogP contribution >= 0.6 is 0 Å². The van der Waals surface area contributed by atoms with Crippen molar-refractivity contribution in [3.05, 3.63) is 36.4 Å². The van der Waals surface area contributed by atoms with Crippen molar-refractivity contribution in [1.29, 1.82) is 0 Å². The molecule has 2 unspecified atom stereocenters. The van der Waals surface area contributed by atoms with Gasteiger partial charge in [-0.05, 0) is 25.5 Å². The van der Waals surface area contributed by atoms with E-state index in [1.165, 1.54) is 6.42 Å². The first-order chi connectivity index (χ1) is 12.7. The van der Waals surface area contributed by atoms with Gasteiger partial charge in [0.1, 0.15) is 17.6 Å². The maximum atomic E-state index is 5.98. The molecule has 26 heavy (non-hydrogen) atoms. The van der Waals surface area contributed by atoms with E-state index in [9.17, 15) is 0 Å². The third kappa shape index (κ3) is 4.69. The lowest BCUT2D eigenvalue weighted by molar-refractivity contribution is 0.221. The molecule has 1 aromatic rings. The van der Waals surface area contributed by atoms with Gasteiger partial charge in [0, 0.05) is 45.3 Å². The molecule has 6 nitrogen and oxygen atoms in total. The topological polar surface area (TPSA) is 49.3 Å². The molecule has 0 amide bonds. The Morgan fingerprint density at radius 2 is 2.08 bits per heavy atom. The molecule has 0 spiro atoms. The van der Waals surface area contributed by atoms with E-state index in [0.29, 0.717) is 12.6 Å². The zero-order valence-corrected chi connectivity index (χ0v) is 16.0. The molecule has 1 fully saturated rings. The van der Waals surface area contributed by atoms with Gasteiger partial charge in [-0.3, -0.25) is 9.89 Å². The number of aliphatic imine (C=N–C) groups is 1. The number of nitrogens with zero attached hydrogens (tertiary/aromatic N) is 3. The molecule has 1 saturated heterocycles. The molecular formula is C20H30N4O2. The number of likely N-dealkylation sites (tertiary alicyclic amines) is 1. The van der Waals surface area contributed by atoms with Gasteiger partial charge in [-0.2, -0.15) is 0 Å². The van der Waals surface area contributed by atoms with E-state index >= 15 is 0 Å². The van der Waals surface area contributed by atoms with Gasteiger partial charge < -0.3 is 19.7 Å². The highest BCUT2D eigenvalue weighted by molar-refractivity contribution is 5.80. The van der Waals surface area contributed by atoms with Crippen LogP contribution in [0.15, 0.2) is 41.4 Å². The highest BCUT2D eigenvalue weighted by atomic mass is 16.5. The van der Waals surface area contributed by atoms with Gasteiger partial charge in [-0.15, -0.1) is 0 Å². The first-order valence-corrected chi connectivity index (χ1v) is 9.35. The molecule has 2 aliphatic rings. The summed E-state index contributed by atoms with van der Waals surface area (Å²) < 4.78 is 11.2. The fraction of sp³-hybridized carbons (Fsp3) is 0.550. The van der Waals surface area contributed by atoms with Crippen molar-refractivity contribution in [2.24, 2.45) is 4.99 Å². The molecule has 142 valence electrons. The van der Waals surface area contributed by atoms with Gasteiger partial charge in [-0.25, -0.2) is 0 Å². The van der Waals surface area contributed by atoms with Crippen molar-refractivity contribution < 1.29 is 9.47 Å². The maximum absolute atomic E-state index is 5.98. The van der Waals surface area contributed by atoms with Gasteiger partial charge in [0.15, 0.2) is 5.96 Å². The van der Waals surface area contributed by atoms with Gasteiger partial charge >= 0.3 is 0 Å². The standard InChI is InChI=1S/C20H30N4O2/c1-16(26-19-8-6-7-18(13-19)25-3)14-22-20(21-2)24-12-9-17(15-24)23-10-4-5-11-23/h4-8,13,16-17H,9-12,14-15H2,1-3H3,(H,21,22). The van der Waals surface area contributed by atoms with Crippen LogP contribution < -0.4 is 14.8 Å². The summed E-state index contributed by atoms with van der Waals surface area (Å²) in [7, 11) is 3.51.